The summed E-state index contributed by atoms with van der Waals surface area (Å²) in [7, 11) is 0. The zero-order valence-electron chi connectivity index (χ0n) is 12.3. The highest BCUT2D eigenvalue weighted by Crippen LogP contribution is 2.16. The molecule has 1 saturated heterocycles. The summed E-state index contributed by atoms with van der Waals surface area (Å²) in [6.45, 7) is 2.94. The van der Waals surface area contributed by atoms with Gasteiger partial charge < -0.3 is 10.2 Å². The predicted octanol–water partition coefficient (Wildman–Crippen LogP) is 2.40. The van der Waals surface area contributed by atoms with E-state index in [4.69, 9.17) is 11.6 Å². The van der Waals surface area contributed by atoms with Gasteiger partial charge in [-0.1, -0.05) is 23.7 Å². The van der Waals surface area contributed by atoms with E-state index in [0.29, 0.717) is 5.02 Å². The SMILES string of the molecule is C[C@H]1CCCCN1C(=O)CNC(=O)Cc1ccc(Cl)cc1. The van der Waals surface area contributed by atoms with Crippen molar-refractivity contribution in [3.8, 4) is 0 Å². The third-order valence-corrected chi connectivity index (χ3v) is 4.09. The van der Waals surface area contributed by atoms with E-state index < -0.39 is 0 Å². The largest absolute Gasteiger partial charge is 0.347 e. The Kier molecular flexibility index (Phi) is 5.62. The van der Waals surface area contributed by atoms with Crippen LogP contribution >= 0.6 is 11.6 Å². The van der Waals surface area contributed by atoms with Gasteiger partial charge in [0, 0.05) is 17.6 Å². The first-order valence-corrected chi connectivity index (χ1v) is 7.74. The summed E-state index contributed by atoms with van der Waals surface area (Å²) >= 11 is 5.80. The second-order valence-electron chi connectivity index (χ2n) is 5.51. The summed E-state index contributed by atoms with van der Waals surface area (Å²) in [5, 5.41) is 3.35. The van der Waals surface area contributed by atoms with Crippen molar-refractivity contribution in [2.24, 2.45) is 0 Å². The quantitative estimate of drug-likeness (QED) is 0.928. The Hall–Kier alpha value is -1.55. The van der Waals surface area contributed by atoms with Crippen molar-refractivity contribution in [3.05, 3.63) is 34.9 Å². The molecule has 0 saturated carbocycles. The fourth-order valence-corrected chi connectivity index (χ4v) is 2.72. The number of hydrogen-bond donors (Lipinski definition) is 1. The van der Waals surface area contributed by atoms with E-state index in [-0.39, 0.29) is 30.8 Å². The molecule has 1 N–H and O–H groups in total. The molecule has 0 spiro atoms. The Morgan fingerprint density at radius 1 is 1.29 bits per heavy atom. The van der Waals surface area contributed by atoms with Crippen LogP contribution in [0.5, 0.6) is 0 Å². The van der Waals surface area contributed by atoms with Crippen LogP contribution in [-0.4, -0.2) is 35.8 Å². The van der Waals surface area contributed by atoms with E-state index in [1.54, 1.807) is 12.1 Å². The van der Waals surface area contributed by atoms with Crippen molar-refractivity contribution in [2.75, 3.05) is 13.1 Å². The molecule has 1 aliphatic heterocycles. The van der Waals surface area contributed by atoms with Gasteiger partial charge in [-0.15, -0.1) is 0 Å². The normalized spacial score (nSPS) is 18.4. The Morgan fingerprint density at radius 3 is 2.67 bits per heavy atom. The molecule has 4 nitrogen and oxygen atoms in total. The number of likely N-dealkylation sites (tertiary alicyclic amines) is 1. The van der Waals surface area contributed by atoms with Crippen LogP contribution in [0.2, 0.25) is 5.02 Å². The molecule has 1 aromatic rings. The Bertz CT molecular complexity index is 502. The van der Waals surface area contributed by atoms with Crippen LogP contribution in [0.4, 0.5) is 0 Å². The molecule has 5 heteroatoms. The monoisotopic (exact) mass is 308 g/mol. The van der Waals surface area contributed by atoms with E-state index in [2.05, 4.69) is 12.2 Å². The molecule has 0 aliphatic carbocycles. The molecule has 0 bridgehead atoms. The molecule has 0 unspecified atom stereocenters. The topological polar surface area (TPSA) is 49.4 Å². The smallest absolute Gasteiger partial charge is 0.242 e. The van der Waals surface area contributed by atoms with Crippen LogP contribution in [0.25, 0.3) is 0 Å². The number of rotatable bonds is 4. The van der Waals surface area contributed by atoms with Crippen molar-refractivity contribution in [2.45, 2.75) is 38.6 Å². The van der Waals surface area contributed by atoms with E-state index in [0.717, 1.165) is 24.9 Å². The number of piperidine rings is 1. The summed E-state index contributed by atoms with van der Waals surface area (Å²) in [4.78, 5) is 25.8. The first-order chi connectivity index (χ1) is 10.1. The average molecular weight is 309 g/mol. The summed E-state index contributed by atoms with van der Waals surface area (Å²) in [6.07, 6.45) is 3.53. The summed E-state index contributed by atoms with van der Waals surface area (Å²) in [5.41, 5.74) is 0.885. The molecule has 1 fully saturated rings. The number of hydrogen-bond acceptors (Lipinski definition) is 2. The lowest BCUT2D eigenvalue weighted by Gasteiger charge is -2.33. The molecule has 0 aromatic heterocycles. The maximum Gasteiger partial charge on any atom is 0.242 e. The van der Waals surface area contributed by atoms with Crippen LogP contribution < -0.4 is 5.32 Å². The zero-order chi connectivity index (χ0) is 15.2. The van der Waals surface area contributed by atoms with Gasteiger partial charge in [-0.25, -0.2) is 0 Å². The highest BCUT2D eigenvalue weighted by atomic mass is 35.5. The number of halogens is 1. The van der Waals surface area contributed by atoms with E-state index >= 15 is 0 Å². The first kappa shape index (κ1) is 15.8. The van der Waals surface area contributed by atoms with Gasteiger partial charge in [0.05, 0.1) is 13.0 Å². The molecule has 21 heavy (non-hydrogen) atoms. The lowest BCUT2D eigenvalue weighted by molar-refractivity contribution is -0.135. The van der Waals surface area contributed by atoms with Gasteiger partial charge in [0.15, 0.2) is 0 Å². The molecule has 1 aliphatic rings. The Morgan fingerprint density at radius 2 is 2.00 bits per heavy atom. The van der Waals surface area contributed by atoms with Crippen molar-refractivity contribution in [1.82, 2.24) is 10.2 Å². The number of carbonyl (C=O) groups excluding carboxylic acids is 2. The molecule has 0 radical (unpaired) electrons. The highest BCUT2D eigenvalue weighted by molar-refractivity contribution is 6.30. The van der Waals surface area contributed by atoms with Crippen LogP contribution in [0, 0.1) is 0 Å². The molecule has 1 aromatic carbocycles. The van der Waals surface area contributed by atoms with Gasteiger partial charge in [-0.3, -0.25) is 9.59 Å². The fraction of sp³-hybridized carbons (Fsp3) is 0.500. The van der Waals surface area contributed by atoms with Crippen LogP contribution in [-0.2, 0) is 16.0 Å². The Labute approximate surface area is 130 Å². The fourth-order valence-electron chi connectivity index (χ4n) is 2.59. The van der Waals surface area contributed by atoms with Gasteiger partial charge >= 0.3 is 0 Å². The van der Waals surface area contributed by atoms with Crippen molar-refractivity contribution < 1.29 is 9.59 Å². The van der Waals surface area contributed by atoms with Crippen LogP contribution in [0.3, 0.4) is 0 Å². The molecule has 2 rings (SSSR count). The minimum Gasteiger partial charge on any atom is -0.347 e. The van der Waals surface area contributed by atoms with Crippen LogP contribution in [0.1, 0.15) is 31.7 Å². The van der Waals surface area contributed by atoms with Crippen molar-refractivity contribution >= 4 is 23.4 Å². The van der Waals surface area contributed by atoms with E-state index in [9.17, 15) is 9.59 Å². The maximum absolute atomic E-state index is 12.1. The van der Waals surface area contributed by atoms with Gasteiger partial charge in [-0.2, -0.15) is 0 Å². The minimum absolute atomic E-state index is 0.00616. The summed E-state index contributed by atoms with van der Waals surface area (Å²) in [5.74, 6) is -0.137. The van der Waals surface area contributed by atoms with E-state index in [1.165, 1.54) is 6.42 Å². The number of nitrogens with one attached hydrogen (secondary N) is 1. The maximum atomic E-state index is 12.1. The molecule has 1 atom stereocenters. The van der Waals surface area contributed by atoms with E-state index in [1.807, 2.05) is 17.0 Å². The van der Waals surface area contributed by atoms with Gasteiger partial charge in [0.1, 0.15) is 0 Å². The standard InChI is InChI=1S/C16H21ClN2O2/c1-12-4-2-3-9-19(12)16(21)11-18-15(20)10-13-5-7-14(17)8-6-13/h5-8,12H,2-4,9-11H2,1H3,(H,18,20)/t12-/m0/s1. The van der Waals surface area contributed by atoms with Crippen molar-refractivity contribution in [3.63, 3.8) is 0 Å². The summed E-state index contributed by atoms with van der Waals surface area (Å²) < 4.78 is 0. The van der Waals surface area contributed by atoms with Crippen molar-refractivity contribution in [1.29, 1.82) is 0 Å². The van der Waals surface area contributed by atoms with Crippen LogP contribution in [0.15, 0.2) is 24.3 Å². The second-order valence-corrected chi connectivity index (χ2v) is 5.95. The van der Waals surface area contributed by atoms with Gasteiger partial charge in [-0.05, 0) is 43.9 Å². The Balaban J connectivity index is 1.78. The van der Waals surface area contributed by atoms with Gasteiger partial charge in [0.25, 0.3) is 0 Å². The molecule has 1 heterocycles. The predicted molar refractivity (Wildman–Crippen MR) is 83.2 cm³/mol. The molecule has 114 valence electrons. The third-order valence-electron chi connectivity index (χ3n) is 3.84. The minimum atomic E-state index is -0.143. The highest BCUT2D eigenvalue weighted by Gasteiger charge is 2.23. The van der Waals surface area contributed by atoms with Gasteiger partial charge in [0.2, 0.25) is 11.8 Å². The summed E-state index contributed by atoms with van der Waals surface area (Å²) in [6, 6.07) is 7.42. The third kappa shape index (κ3) is 4.74. The zero-order valence-corrected chi connectivity index (χ0v) is 13.0. The first-order valence-electron chi connectivity index (χ1n) is 7.37. The number of carbonyl (C=O) groups is 2. The average Bonchev–Trinajstić information content (AvgIpc) is 2.48. The molecular weight excluding hydrogens is 288 g/mol. The lowest BCUT2D eigenvalue weighted by Crippen LogP contribution is -2.47. The lowest BCUT2D eigenvalue weighted by atomic mass is 10.0. The number of benzene rings is 1. The number of amides is 2. The molecule has 2 amide bonds. The number of nitrogens with zero attached hydrogens (tertiary/aromatic N) is 1. The molecular formula is C16H21ClN2O2. The second kappa shape index (κ2) is 7.46.